The molecule has 9 heteroatoms. The first-order valence-corrected chi connectivity index (χ1v) is 11.1. The van der Waals surface area contributed by atoms with Crippen LogP contribution in [0.5, 0.6) is 0 Å². The van der Waals surface area contributed by atoms with Gasteiger partial charge in [0.05, 0.1) is 20.3 Å². The summed E-state index contributed by atoms with van der Waals surface area (Å²) in [6, 6.07) is 0. The fourth-order valence-corrected chi connectivity index (χ4v) is 4.87. The van der Waals surface area contributed by atoms with Crippen LogP contribution in [-0.2, 0) is 22.6 Å². The van der Waals surface area contributed by atoms with Crippen LogP contribution in [0, 0.1) is 6.92 Å². The number of allylic oxidation sites excluding steroid dienone is 3. The molecule has 0 radical (unpaired) electrons. The highest BCUT2D eigenvalue weighted by atomic mass is 32.1. The lowest BCUT2D eigenvalue weighted by molar-refractivity contribution is -0.696. The number of hydrogen-bond acceptors (Lipinski definition) is 6. The van der Waals surface area contributed by atoms with Gasteiger partial charge in [0.15, 0.2) is 11.6 Å². The normalized spacial score (nSPS) is 16.7. The lowest BCUT2D eigenvalue weighted by Crippen LogP contribution is -2.35. The van der Waals surface area contributed by atoms with E-state index < -0.39 is 5.97 Å². The van der Waals surface area contributed by atoms with Crippen LogP contribution in [0.15, 0.2) is 40.2 Å². The highest BCUT2D eigenvalue weighted by Crippen LogP contribution is 2.19. The summed E-state index contributed by atoms with van der Waals surface area (Å²) in [5.41, 5.74) is 1.81. The van der Waals surface area contributed by atoms with Crippen LogP contribution in [0.1, 0.15) is 24.5 Å². The van der Waals surface area contributed by atoms with Crippen molar-refractivity contribution < 1.29 is 19.2 Å². The van der Waals surface area contributed by atoms with Gasteiger partial charge in [-0.1, -0.05) is 17.4 Å². The summed E-state index contributed by atoms with van der Waals surface area (Å²) in [7, 11) is 1.87. The van der Waals surface area contributed by atoms with E-state index in [1.165, 1.54) is 21.6 Å². The van der Waals surface area contributed by atoms with Crippen molar-refractivity contribution in [2.75, 3.05) is 7.05 Å². The van der Waals surface area contributed by atoms with E-state index in [4.69, 9.17) is 4.74 Å². The van der Waals surface area contributed by atoms with Crippen LogP contribution in [-0.4, -0.2) is 27.6 Å². The predicted molar refractivity (Wildman–Crippen MR) is 119 cm³/mol. The number of ether oxygens (including phenoxy) is 1. The average molecular weight is 447 g/mol. The van der Waals surface area contributed by atoms with E-state index in [2.05, 4.69) is 23.8 Å². The summed E-state index contributed by atoms with van der Waals surface area (Å²) in [6.45, 7) is 6.55. The van der Waals surface area contributed by atoms with Gasteiger partial charge >= 0.3 is 5.97 Å². The molecule has 0 saturated heterocycles. The second kappa shape index (κ2) is 9.27. The monoisotopic (exact) mass is 446 g/mol. The van der Waals surface area contributed by atoms with Crippen molar-refractivity contribution in [3.05, 3.63) is 65.6 Å². The standard InChI is InChI=1S/C21H23N3O4S2/c1-5-23-15(3)13-29-18(23)7-6-8-19-24(11-20(25)26)21(27)16(30-19)9-10-17-22(4)14(2)12-28-17/h6-10,12-13H,5,11H2,1-4H3/p+1/b16-9-,17-10+. The van der Waals surface area contributed by atoms with Gasteiger partial charge in [-0.25, -0.2) is 0 Å². The average Bonchev–Trinajstić information content (AvgIpc) is 3.32. The molecule has 1 aliphatic rings. The number of nitrogens with zero attached hydrogens (tertiary/aromatic N) is 3. The summed E-state index contributed by atoms with van der Waals surface area (Å²) in [5.74, 6) is -0.456. The Kier molecular flexibility index (Phi) is 6.73. The third kappa shape index (κ3) is 4.63. The zero-order valence-electron chi connectivity index (χ0n) is 17.3. The SMILES string of the molecule is CC[n+]1c(C)csc1/C=C/C=c1\s/c(=C\C=C2\OC=C(C)N2C)c(=O)n1CC(=O)O. The summed E-state index contributed by atoms with van der Waals surface area (Å²) in [5, 5.41) is 12.4. The van der Waals surface area contributed by atoms with Crippen molar-refractivity contribution in [2.45, 2.75) is 33.9 Å². The van der Waals surface area contributed by atoms with Crippen LogP contribution in [0.2, 0.25) is 0 Å². The van der Waals surface area contributed by atoms with Crippen LogP contribution >= 0.6 is 22.7 Å². The minimum atomic E-state index is -1.06. The van der Waals surface area contributed by atoms with E-state index in [1.807, 2.05) is 31.0 Å². The van der Waals surface area contributed by atoms with E-state index in [-0.39, 0.29) is 12.1 Å². The van der Waals surface area contributed by atoms with Crippen LogP contribution in [0.3, 0.4) is 0 Å². The third-order valence-corrected chi connectivity index (χ3v) is 6.81. The van der Waals surface area contributed by atoms with Gasteiger partial charge in [-0.05, 0) is 26.0 Å². The molecule has 0 fully saturated rings. The van der Waals surface area contributed by atoms with Gasteiger partial charge in [0.25, 0.3) is 10.6 Å². The third-order valence-electron chi connectivity index (χ3n) is 4.65. The van der Waals surface area contributed by atoms with Crippen molar-refractivity contribution in [1.29, 1.82) is 0 Å². The Morgan fingerprint density at radius 1 is 1.30 bits per heavy atom. The maximum absolute atomic E-state index is 12.7. The Balaban J connectivity index is 2.00. The predicted octanol–water partition coefficient (Wildman–Crippen LogP) is 1.61. The topological polar surface area (TPSA) is 75.7 Å². The molecule has 2 aromatic heterocycles. The number of aromatic nitrogens is 2. The second-order valence-electron chi connectivity index (χ2n) is 6.68. The molecule has 2 aromatic rings. The molecule has 0 saturated carbocycles. The molecule has 1 N–H and O–H groups in total. The fourth-order valence-electron chi connectivity index (χ4n) is 2.93. The fraction of sp³-hybridized carbons (Fsp3) is 0.286. The summed E-state index contributed by atoms with van der Waals surface area (Å²) in [4.78, 5) is 25.9. The highest BCUT2D eigenvalue weighted by molar-refractivity contribution is 7.10. The summed E-state index contributed by atoms with van der Waals surface area (Å²) >= 11 is 2.89. The lowest BCUT2D eigenvalue weighted by Gasteiger charge is -2.11. The molecule has 7 nitrogen and oxygen atoms in total. The maximum atomic E-state index is 12.7. The lowest BCUT2D eigenvalue weighted by atomic mass is 10.4. The Labute approximate surface area is 182 Å². The van der Waals surface area contributed by atoms with E-state index in [0.717, 1.165) is 17.2 Å². The molecule has 30 heavy (non-hydrogen) atoms. The molecule has 0 atom stereocenters. The van der Waals surface area contributed by atoms with Crippen LogP contribution in [0.25, 0.3) is 18.2 Å². The van der Waals surface area contributed by atoms with E-state index in [1.54, 1.807) is 35.8 Å². The minimum absolute atomic E-state index is 0.333. The molecule has 0 aromatic carbocycles. The van der Waals surface area contributed by atoms with Crippen molar-refractivity contribution in [3.63, 3.8) is 0 Å². The number of aryl methyl sites for hydroxylation is 1. The first-order valence-electron chi connectivity index (χ1n) is 9.38. The van der Waals surface area contributed by atoms with Crippen LogP contribution < -0.4 is 19.3 Å². The molecule has 3 rings (SSSR count). The van der Waals surface area contributed by atoms with E-state index >= 15 is 0 Å². The maximum Gasteiger partial charge on any atom is 0.323 e. The van der Waals surface area contributed by atoms with Crippen LogP contribution in [0.4, 0.5) is 0 Å². The largest absolute Gasteiger partial charge is 0.480 e. The zero-order valence-corrected chi connectivity index (χ0v) is 18.9. The molecule has 0 bridgehead atoms. The molecule has 0 unspecified atom stereocenters. The van der Waals surface area contributed by atoms with E-state index in [0.29, 0.717) is 15.1 Å². The molecular formula is C21H24N3O4S2+. The van der Waals surface area contributed by atoms with Crippen molar-refractivity contribution in [3.8, 4) is 0 Å². The number of aliphatic carboxylic acids is 1. The number of thiazole rings is 2. The van der Waals surface area contributed by atoms with Gasteiger partial charge < -0.3 is 14.7 Å². The van der Waals surface area contributed by atoms with Gasteiger partial charge in [0.1, 0.15) is 19.4 Å². The smallest absolute Gasteiger partial charge is 0.323 e. The minimum Gasteiger partial charge on any atom is -0.480 e. The summed E-state index contributed by atoms with van der Waals surface area (Å²) < 4.78 is 9.94. The van der Waals surface area contributed by atoms with Crippen molar-refractivity contribution >= 4 is 46.9 Å². The highest BCUT2D eigenvalue weighted by Gasteiger charge is 2.14. The quantitative estimate of drug-likeness (QED) is 0.683. The Bertz CT molecular complexity index is 1230. The van der Waals surface area contributed by atoms with Gasteiger partial charge in [0, 0.05) is 26.1 Å². The first-order chi connectivity index (χ1) is 14.3. The van der Waals surface area contributed by atoms with Gasteiger partial charge in [-0.15, -0.1) is 11.3 Å². The zero-order chi connectivity index (χ0) is 21.8. The second-order valence-corrected chi connectivity index (χ2v) is 8.63. The Hall–Kier alpha value is -2.91. The number of hydrogen-bond donors (Lipinski definition) is 1. The number of rotatable bonds is 6. The molecule has 0 amide bonds. The Morgan fingerprint density at radius 2 is 2.07 bits per heavy atom. The molecular weight excluding hydrogens is 422 g/mol. The van der Waals surface area contributed by atoms with Gasteiger partial charge in [-0.3, -0.25) is 14.2 Å². The Morgan fingerprint density at radius 3 is 2.70 bits per heavy atom. The molecule has 158 valence electrons. The van der Waals surface area contributed by atoms with Crippen molar-refractivity contribution in [2.24, 2.45) is 0 Å². The van der Waals surface area contributed by atoms with Gasteiger partial charge in [0.2, 0.25) is 0 Å². The number of carboxylic acids is 1. The molecule has 1 aliphatic heterocycles. The number of carbonyl (C=O) groups is 1. The molecule has 0 spiro atoms. The van der Waals surface area contributed by atoms with Gasteiger partial charge in [-0.2, -0.15) is 4.57 Å². The summed E-state index contributed by atoms with van der Waals surface area (Å²) in [6.07, 6.45) is 10.6. The number of carboxylic acid groups (broad SMARTS) is 1. The molecule has 3 heterocycles. The van der Waals surface area contributed by atoms with Crippen molar-refractivity contribution in [1.82, 2.24) is 9.47 Å². The van der Waals surface area contributed by atoms with E-state index in [9.17, 15) is 14.7 Å². The molecule has 0 aliphatic carbocycles. The first kappa shape index (κ1) is 21.8.